The molecule has 0 aromatic heterocycles. The van der Waals surface area contributed by atoms with Gasteiger partial charge in [-0.2, -0.15) is 5.10 Å². The Labute approximate surface area is 134 Å². The molecule has 2 aromatic carbocycles. The minimum Gasteiger partial charge on any atom is -0.273 e. The number of hydrazone groups is 1. The summed E-state index contributed by atoms with van der Waals surface area (Å²) in [5.41, 5.74) is 5.86. The molecule has 6 nitrogen and oxygen atoms in total. The van der Waals surface area contributed by atoms with Crippen molar-refractivity contribution in [2.45, 2.75) is 20.3 Å². The lowest BCUT2D eigenvalue weighted by atomic mass is 10.0. The van der Waals surface area contributed by atoms with E-state index in [4.69, 9.17) is 0 Å². The Balaban J connectivity index is 1.99. The normalized spacial score (nSPS) is 10.7. The summed E-state index contributed by atoms with van der Waals surface area (Å²) in [6.07, 6.45) is 1.48. The Kier molecular flexibility index (Phi) is 5.19. The van der Waals surface area contributed by atoms with Gasteiger partial charge in [0.05, 0.1) is 23.1 Å². The molecule has 0 saturated carbocycles. The zero-order chi connectivity index (χ0) is 16.8. The quantitative estimate of drug-likeness (QED) is 0.523. The Morgan fingerprint density at radius 1 is 1.22 bits per heavy atom. The number of benzene rings is 2. The number of nitrogens with one attached hydrogen (secondary N) is 1. The predicted molar refractivity (Wildman–Crippen MR) is 88.5 cm³/mol. The molecule has 0 saturated heterocycles. The molecule has 0 unspecified atom stereocenters. The zero-order valence-electron chi connectivity index (χ0n) is 12.9. The Hall–Kier alpha value is -3.02. The Morgan fingerprint density at radius 2 is 1.96 bits per heavy atom. The van der Waals surface area contributed by atoms with Crippen molar-refractivity contribution in [3.05, 3.63) is 74.8 Å². The first-order chi connectivity index (χ1) is 11.0. The molecule has 2 rings (SSSR count). The summed E-state index contributed by atoms with van der Waals surface area (Å²) < 4.78 is 0. The molecule has 0 atom stereocenters. The molecule has 23 heavy (non-hydrogen) atoms. The maximum absolute atomic E-state index is 11.9. The van der Waals surface area contributed by atoms with Gasteiger partial charge >= 0.3 is 0 Å². The summed E-state index contributed by atoms with van der Waals surface area (Å²) >= 11 is 0. The predicted octanol–water partition coefficient (Wildman–Crippen LogP) is 2.90. The van der Waals surface area contributed by atoms with E-state index >= 15 is 0 Å². The lowest BCUT2D eigenvalue weighted by molar-refractivity contribution is -0.385. The van der Waals surface area contributed by atoms with Gasteiger partial charge in [0, 0.05) is 6.07 Å². The Morgan fingerprint density at radius 3 is 2.65 bits per heavy atom. The van der Waals surface area contributed by atoms with Crippen molar-refractivity contribution in [3.8, 4) is 0 Å². The van der Waals surface area contributed by atoms with E-state index in [2.05, 4.69) is 10.5 Å². The average Bonchev–Trinajstić information content (AvgIpc) is 2.51. The number of nitro benzene ring substituents is 1. The number of rotatable bonds is 5. The zero-order valence-corrected chi connectivity index (χ0v) is 12.9. The van der Waals surface area contributed by atoms with E-state index in [0.29, 0.717) is 5.56 Å². The van der Waals surface area contributed by atoms with E-state index in [-0.39, 0.29) is 18.0 Å². The molecule has 0 bridgehead atoms. The van der Waals surface area contributed by atoms with E-state index in [1.807, 2.05) is 32.0 Å². The van der Waals surface area contributed by atoms with Crippen LogP contribution in [0.15, 0.2) is 47.6 Å². The smallest absolute Gasteiger partial charge is 0.273 e. The van der Waals surface area contributed by atoms with Gasteiger partial charge in [0.15, 0.2) is 0 Å². The number of carbonyl (C=O) groups is 1. The van der Waals surface area contributed by atoms with Crippen LogP contribution in [0.5, 0.6) is 0 Å². The van der Waals surface area contributed by atoms with Gasteiger partial charge in [-0.1, -0.05) is 30.3 Å². The molecule has 6 heteroatoms. The molecule has 0 aliphatic carbocycles. The molecule has 118 valence electrons. The van der Waals surface area contributed by atoms with Crippen molar-refractivity contribution in [1.29, 1.82) is 0 Å². The second kappa shape index (κ2) is 7.31. The van der Waals surface area contributed by atoms with E-state index in [1.54, 1.807) is 18.2 Å². The first kappa shape index (κ1) is 16.4. The third-order valence-electron chi connectivity index (χ3n) is 3.46. The van der Waals surface area contributed by atoms with Crippen LogP contribution in [0.3, 0.4) is 0 Å². The minimum absolute atomic E-state index is 0.0559. The highest BCUT2D eigenvalue weighted by molar-refractivity contribution is 5.86. The number of hydrogen-bond acceptors (Lipinski definition) is 4. The average molecular weight is 311 g/mol. The fourth-order valence-electron chi connectivity index (χ4n) is 2.08. The van der Waals surface area contributed by atoms with Crippen molar-refractivity contribution in [2.24, 2.45) is 5.10 Å². The summed E-state index contributed by atoms with van der Waals surface area (Å²) in [6.45, 7) is 4.00. The number of hydrogen-bond donors (Lipinski definition) is 1. The fourth-order valence-corrected chi connectivity index (χ4v) is 2.08. The van der Waals surface area contributed by atoms with E-state index in [1.165, 1.54) is 17.8 Å². The maximum Gasteiger partial charge on any atom is 0.278 e. The monoisotopic (exact) mass is 311 g/mol. The van der Waals surface area contributed by atoms with Crippen molar-refractivity contribution >= 4 is 17.8 Å². The molecular weight excluding hydrogens is 294 g/mol. The van der Waals surface area contributed by atoms with Crippen LogP contribution in [0.25, 0.3) is 0 Å². The van der Waals surface area contributed by atoms with Crippen LogP contribution < -0.4 is 5.43 Å². The Bertz CT molecular complexity index is 769. The molecule has 2 aromatic rings. The molecule has 1 N–H and O–H groups in total. The lowest BCUT2D eigenvalue weighted by Gasteiger charge is -2.04. The molecule has 0 heterocycles. The van der Waals surface area contributed by atoms with Crippen LogP contribution in [-0.4, -0.2) is 17.0 Å². The van der Waals surface area contributed by atoms with Crippen LogP contribution >= 0.6 is 0 Å². The first-order valence-corrected chi connectivity index (χ1v) is 7.09. The highest BCUT2D eigenvalue weighted by Gasteiger charge is 2.10. The number of nitro groups is 1. The van der Waals surface area contributed by atoms with Crippen LogP contribution in [0.2, 0.25) is 0 Å². The third kappa shape index (κ3) is 4.47. The summed E-state index contributed by atoms with van der Waals surface area (Å²) in [5.74, 6) is -0.275. The molecular formula is C17H17N3O3. The largest absolute Gasteiger partial charge is 0.278 e. The fraction of sp³-hybridized carbons (Fsp3) is 0.176. The number of para-hydroxylation sites is 1. The van der Waals surface area contributed by atoms with Gasteiger partial charge in [0.2, 0.25) is 5.91 Å². The molecule has 1 amide bonds. The summed E-state index contributed by atoms with van der Waals surface area (Å²) in [6, 6.07) is 12.0. The molecule has 0 spiro atoms. The molecule has 0 radical (unpaired) electrons. The number of carbonyl (C=O) groups excluding carboxylic acids is 1. The highest BCUT2D eigenvalue weighted by Crippen LogP contribution is 2.15. The van der Waals surface area contributed by atoms with Gasteiger partial charge in [0.1, 0.15) is 0 Å². The van der Waals surface area contributed by atoms with Gasteiger partial charge in [-0.25, -0.2) is 5.43 Å². The minimum atomic E-state index is -0.488. The van der Waals surface area contributed by atoms with Gasteiger partial charge < -0.3 is 0 Å². The second-order valence-corrected chi connectivity index (χ2v) is 5.20. The van der Waals surface area contributed by atoms with Gasteiger partial charge in [-0.3, -0.25) is 14.9 Å². The maximum atomic E-state index is 11.9. The summed E-state index contributed by atoms with van der Waals surface area (Å²) in [4.78, 5) is 22.2. The second-order valence-electron chi connectivity index (χ2n) is 5.20. The standard InChI is InChI=1S/C17H17N3O3/c1-12-7-8-14(9-13(12)2)10-17(21)19-18-11-15-5-3-4-6-16(15)20(22)23/h3-9,11H,10H2,1-2H3,(H,19,21)/b18-11-. The first-order valence-electron chi connectivity index (χ1n) is 7.09. The SMILES string of the molecule is Cc1ccc(CC(=O)N/N=C\c2ccccc2[N+](=O)[O-])cc1C. The third-order valence-corrected chi connectivity index (χ3v) is 3.46. The van der Waals surface area contributed by atoms with E-state index in [0.717, 1.165) is 11.1 Å². The molecule has 0 fully saturated rings. The van der Waals surface area contributed by atoms with Crippen LogP contribution in [-0.2, 0) is 11.2 Å². The van der Waals surface area contributed by atoms with Crippen molar-refractivity contribution < 1.29 is 9.72 Å². The highest BCUT2D eigenvalue weighted by atomic mass is 16.6. The number of amides is 1. The summed E-state index contributed by atoms with van der Waals surface area (Å²) in [5, 5.41) is 14.7. The topological polar surface area (TPSA) is 84.6 Å². The molecule has 0 aliphatic rings. The lowest BCUT2D eigenvalue weighted by Crippen LogP contribution is -2.19. The van der Waals surface area contributed by atoms with Crippen LogP contribution in [0, 0.1) is 24.0 Å². The summed E-state index contributed by atoms with van der Waals surface area (Å²) in [7, 11) is 0. The van der Waals surface area contributed by atoms with E-state index < -0.39 is 4.92 Å². The van der Waals surface area contributed by atoms with Crippen molar-refractivity contribution in [1.82, 2.24) is 5.43 Å². The molecule has 0 aliphatic heterocycles. The van der Waals surface area contributed by atoms with Crippen molar-refractivity contribution in [2.75, 3.05) is 0 Å². The van der Waals surface area contributed by atoms with Crippen LogP contribution in [0.4, 0.5) is 5.69 Å². The van der Waals surface area contributed by atoms with Gasteiger partial charge in [0.25, 0.3) is 5.69 Å². The number of aryl methyl sites for hydroxylation is 2. The van der Waals surface area contributed by atoms with Crippen molar-refractivity contribution in [3.63, 3.8) is 0 Å². The van der Waals surface area contributed by atoms with Crippen LogP contribution in [0.1, 0.15) is 22.3 Å². The van der Waals surface area contributed by atoms with E-state index in [9.17, 15) is 14.9 Å². The van der Waals surface area contributed by atoms with Gasteiger partial charge in [-0.15, -0.1) is 0 Å². The van der Waals surface area contributed by atoms with Gasteiger partial charge in [-0.05, 0) is 36.6 Å². The number of nitrogens with zero attached hydrogens (tertiary/aromatic N) is 2.